The monoisotopic (exact) mass is 387 g/mol. The fourth-order valence-electron chi connectivity index (χ4n) is 4.98. The van der Waals surface area contributed by atoms with Crippen molar-refractivity contribution in [3.05, 3.63) is 28.2 Å². The van der Waals surface area contributed by atoms with Crippen LogP contribution in [0.4, 0.5) is 5.00 Å². The highest BCUT2D eigenvalue weighted by Gasteiger charge is 2.66. The number of anilines is 1. The van der Waals surface area contributed by atoms with E-state index < -0.39 is 23.4 Å². The van der Waals surface area contributed by atoms with Gasteiger partial charge in [-0.05, 0) is 45.1 Å². The first-order valence-corrected chi connectivity index (χ1v) is 10.3. The number of hydrogen-bond acceptors (Lipinski definition) is 6. The van der Waals surface area contributed by atoms with E-state index >= 15 is 0 Å². The molecule has 4 aliphatic rings. The van der Waals surface area contributed by atoms with Crippen molar-refractivity contribution >= 4 is 34.1 Å². The maximum Gasteiger partial charge on any atom is 0.341 e. The first-order chi connectivity index (χ1) is 13.0. The Labute approximate surface area is 161 Å². The molecule has 4 heterocycles. The number of hydrogen-bond donors (Lipinski definition) is 0. The van der Waals surface area contributed by atoms with Gasteiger partial charge in [-0.15, -0.1) is 11.3 Å². The predicted molar refractivity (Wildman–Crippen MR) is 98.8 cm³/mol. The number of nitrogens with zero attached hydrogens (tertiary/aromatic N) is 1. The highest BCUT2D eigenvalue weighted by molar-refractivity contribution is 7.17. The van der Waals surface area contributed by atoms with E-state index in [0.29, 0.717) is 10.6 Å². The van der Waals surface area contributed by atoms with E-state index in [0.717, 1.165) is 36.1 Å². The molecule has 2 saturated heterocycles. The quantitative estimate of drug-likeness (QED) is 0.453. The van der Waals surface area contributed by atoms with Gasteiger partial charge in [-0.2, -0.15) is 0 Å². The summed E-state index contributed by atoms with van der Waals surface area (Å²) in [5.41, 5.74) is 0.642. The van der Waals surface area contributed by atoms with Crippen molar-refractivity contribution < 1.29 is 23.9 Å². The molecule has 0 N–H and O–H groups in total. The normalized spacial score (nSPS) is 33.6. The Morgan fingerprint density at radius 3 is 2.85 bits per heavy atom. The van der Waals surface area contributed by atoms with Gasteiger partial charge < -0.3 is 9.47 Å². The number of amides is 2. The molecule has 2 fully saturated rings. The molecule has 0 spiro atoms. The first kappa shape index (κ1) is 17.1. The maximum absolute atomic E-state index is 13.3. The van der Waals surface area contributed by atoms with Crippen LogP contribution in [0.15, 0.2) is 12.2 Å². The van der Waals surface area contributed by atoms with Gasteiger partial charge in [-0.3, -0.25) is 9.59 Å². The third-order valence-corrected chi connectivity index (χ3v) is 7.44. The molecule has 0 radical (unpaired) electrons. The molecular weight excluding hydrogens is 366 g/mol. The highest BCUT2D eigenvalue weighted by Crippen LogP contribution is 2.54. The summed E-state index contributed by atoms with van der Waals surface area (Å²) in [6.45, 7) is 3.87. The van der Waals surface area contributed by atoms with Crippen LogP contribution in [0.3, 0.4) is 0 Å². The van der Waals surface area contributed by atoms with Crippen LogP contribution < -0.4 is 4.90 Å². The van der Waals surface area contributed by atoms with Crippen LogP contribution in [0.2, 0.25) is 0 Å². The molecule has 1 aromatic heterocycles. The standard InChI is InChI=1S/C20H21NO5S/c1-3-25-19(24)13-10-6-4-5-7-12(10)27-18(13)21-16(22)14-11-8-9-20(2,26-11)15(14)17(21)23/h8-9,11,14-15H,3-7H2,1-2H3/t11-,14+,15-,20-/m1/s1. The van der Waals surface area contributed by atoms with Gasteiger partial charge >= 0.3 is 5.97 Å². The maximum atomic E-state index is 13.3. The average Bonchev–Trinajstić information content (AvgIpc) is 3.34. The Kier molecular flexibility index (Phi) is 3.65. The van der Waals surface area contributed by atoms with Crippen molar-refractivity contribution in [3.8, 4) is 0 Å². The third-order valence-electron chi connectivity index (χ3n) is 6.16. The van der Waals surface area contributed by atoms with Crippen LogP contribution in [0.1, 0.15) is 47.5 Å². The lowest BCUT2D eigenvalue weighted by atomic mass is 9.78. The van der Waals surface area contributed by atoms with Crippen LogP contribution in [-0.4, -0.2) is 36.1 Å². The summed E-state index contributed by atoms with van der Waals surface area (Å²) in [7, 11) is 0. The molecule has 2 bridgehead atoms. The highest BCUT2D eigenvalue weighted by atomic mass is 32.1. The van der Waals surface area contributed by atoms with E-state index in [1.54, 1.807) is 6.92 Å². The Morgan fingerprint density at radius 1 is 1.33 bits per heavy atom. The van der Waals surface area contributed by atoms with Crippen LogP contribution in [0.25, 0.3) is 0 Å². The summed E-state index contributed by atoms with van der Waals surface area (Å²) in [5, 5.41) is 0.452. The van der Waals surface area contributed by atoms with Crippen molar-refractivity contribution in [2.75, 3.05) is 11.5 Å². The second kappa shape index (κ2) is 5.75. The molecule has 7 heteroatoms. The second-order valence-corrected chi connectivity index (χ2v) is 8.84. The van der Waals surface area contributed by atoms with Gasteiger partial charge in [0.1, 0.15) is 5.00 Å². The second-order valence-electron chi connectivity index (χ2n) is 7.75. The average molecular weight is 387 g/mol. The van der Waals surface area contributed by atoms with Gasteiger partial charge in [0, 0.05) is 4.88 Å². The van der Waals surface area contributed by atoms with Crippen LogP contribution in [-0.2, 0) is 31.9 Å². The van der Waals surface area contributed by atoms with Crippen molar-refractivity contribution in [1.29, 1.82) is 0 Å². The summed E-state index contributed by atoms with van der Waals surface area (Å²) >= 11 is 1.40. The number of aryl methyl sites for hydroxylation is 1. The number of imide groups is 1. The minimum atomic E-state index is -0.738. The lowest BCUT2D eigenvalue weighted by Gasteiger charge is -2.24. The molecule has 4 atom stereocenters. The summed E-state index contributed by atoms with van der Waals surface area (Å²) in [5.74, 6) is -1.97. The lowest BCUT2D eigenvalue weighted by Crippen LogP contribution is -2.38. The van der Waals surface area contributed by atoms with Crippen molar-refractivity contribution in [2.24, 2.45) is 11.8 Å². The van der Waals surface area contributed by atoms with Gasteiger partial charge in [0.05, 0.1) is 35.7 Å². The molecule has 3 aliphatic heterocycles. The molecule has 0 aromatic carbocycles. The van der Waals surface area contributed by atoms with Crippen molar-refractivity contribution in [3.63, 3.8) is 0 Å². The Bertz CT molecular complexity index is 902. The number of rotatable bonds is 3. The molecule has 1 aromatic rings. The van der Waals surface area contributed by atoms with Gasteiger partial charge in [0.15, 0.2) is 0 Å². The number of fused-ring (bicyclic) bond motifs is 6. The number of ether oxygens (including phenoxy) is 2. The zero-order chi connectivity index (χ0) is 18.9. The van der Waals surface area contributed by atoms with Gasteiger partial charge in [-0.1, -0.05) is 12.2 Å². The molecule has 0 saturated carbocycles. The zero-order valence-electron chi connectivity index (χ0n) is 15.3. The Morgan fingerprint density at radius 2 is 2.11 bits per heavy atom. The van der Waals surface area contributed by atoms with E-state index in [4.69, 9.17) is 9.47 Å². The summed E-state index contributed by atoms with van der Waals surface area (Å²) in [4.78, 5) is 41.6. The number of carbonyl (C=O) groups excluding carboxylic acids is 3. The largest absolute Gasteiger partial charge is 0.462 e. The van der Waals surface area contributed by atoms with Crippen molar-refractivity contribution in [2.45, 2.75) is 51.2 Å². The Balaban J connectivity index is 1.61. The molecule has 0 unspecified atom stereocenters. The first-order valence-electron chi connectivity index (χ1n) is 9.53. The van der Waals surface area contributed by atoms with Gasteiger partial charge in [0.25, 0.3) is 0 Å². The van der Waals surface area contributed by atoms with E-state index in [9.17, 15) is 14.4 Å². The summed E-state index contributed by atoms with van der Waals surface area (Å²) < 4.78 is 11.2. The molecule has 1 aliphatic carbocycles. The lowest BCUT2D eigenvalue weighted by molar-refractivity contribution is -0.126. The van der Waals surface area contributed by atoms with E-state index in [2.05, 4.69) is 0 Å². The molecule has 5 rings (SSSR count). The topological polar surface area (TPSA) is 72.9 Å². The fraction of sp³-hybridized carbons (Fsp3) is 0.550. The van der Waals surface area contributed by atoms with Gasteiger partial charge in [0.2, 0.25) is 11.8 Å². The smallest absolute Gasteiger partial charge is 0.341 e. The molecule has 6 nitrogen and oxygen atoms in total. The number of carbonyl (C=O) groups is 3. The van der Waals surface area contributed by atoms with E-state index in [-0.39, 0.29) is 24.5 Å². The third kappa shape index (κ3) is 2.18. The predicted octanol–water partition coefficient (Wildman–Crippen LogP) is 2.64. The van der Waals surface area contributed by atoms with E-state index in [1.807, 2.05) is 19.1 Å². The fourth-order valence-corrected chi connectivity index (χ4v) is 6.36. The minimum Gasteiger partial charge on any atom is -0.462 e. The molecule has 27 heavy (non-hydrogen) atoms. The van der Waals surface area contributed by atoms with Gasteiger partial charge in [-0.25, -0.2) is 9.69 Å². The zero-order valence-corrected chi connectivity index (χ0v) is 16.1. The van der Waals surface area contributed by atoms with Crippen LogP contribution in [0.5, 0.6) is 0 Å². The summed E-state index contributed by atoms with van der Waals surface area (Å²) in [6.07, 6.45) is 7.12. The minimum absolute atomic E-state index is 0.257. The van der Waals surface area contributed by atoms with Crippen molar-refractivity contribution in [1.82, 2.24) is 0 Å². The number of esters is 1. The SMILES string of the molecule is CCOC(=O)c1c(N2C(=O)[C@H]3[C@H]4C=C[C@@](C)(O4)[C@H]3C2=O)sc2c1CCCC2. The Hall–Kier alpha value is -1.99. The molecule has 2 amide bonds. The van der Waals surface area contributed by atoms with E-state index in [1.165, 1.54) is 16.2 Å². The molecular formula is C20H21NO5S. The molecule has 142 valence electrons. The summed E-state index contributed by atoms with van der Waals surface area (Å²) in [6, 6.07) is 0. The van der Waals surface area contributed by atoms with Crippen LogP contribution in [0, 0.1) is 11.8 Å². The number of thiophene rings is 1. The van der Waals surface area contributed by atoms with Crippen LogP contribution >= 0.6 is 11.3 Å².